The largest absolute Gasteiger partial charge is 0.352 e. The predicted molar refractivity (Wildman–Crippen MR) is 92.9 cm³/mol. The molecule has 0 amide bonds. The van der Waals surface area contributed by atoms with Gasteiger partial charge in [-0.3, -0.25) is 0 Å². The van der Waals surface area contributed by atoms with Crippen molar-refractivity contribution < 1.29 is 8.42 Å². The van der Waals surface area contributed by atoms with Gasteiger partial charge in [0.15, 0.2) is 11.6 Å². The predicted octanol–water partition coefficient (Wildman–Crippen LogP) is 1.01. The van der Waals surface area contributed by atoms with Gasteiger partial charge in [0, 0.05) is 31.9 Å². The Kier molecular flexibility index (Phi) is 4.63. The molecule has 0 atom stereocenters. The van der Waals surface area contributed by atoms with Crippen molar-refractivity contribution in [2.75, 3.05) is 42.7 Å². The van der Waals surface area contributed by atoms with Gasteiger partial charge in [-0.25, -0.2) is 13.4 Å². The number of nitrogens with zero attached hydrogens (tertiary/aromatic N) is 5. The van der Waals surface area contributed by atoms with E-state index in [0.717, 1.165) is 17.3 Å². The maximum atomic E-state index is 11.5. The summed E-state index contributed by atoms with van der Waals surface area (Å²) in [5.41, 5.74) is 0.924. The molecule has 1 N–H and O–H groups in total. The first-order valence-electron chi connectivity index (χ1n) is 7.66. The van der Waals surface area contributed by atoms with E-state index in [1.165, 1.54) is 10.6 Å². The zero-order chi connectivity index (χ0) is 17.2. The molecule has 24 heavy (non-hydrogen) atoms. The lowest BCUT2D eigenvalue weighted by Gasteiger charge is -2.33. The number of hydrogen-bond acceptors (Lipinski definition) is 7. The number of hydrogen-bond donors (Lipinski definition) is 1. The fourth-order valence-electron chi connectivity index (χ4n) is 2.55. The number of piperazine rings is 1. The second-order valence-corrected chi connectivity index (χ2v) is 7.70. The van der Waals surface area contributed by atoms with Crippen LogP contribution < -0.4 is 10.2 Å². The first kappa shape index (κ1) is 16.6. The van der Waals surface area contributed by atoms with Gasteiger partial charge < -0.3 is 10.2 Å². The Balaban J connectivity index is 1.63. The highest BCUT2D eigenvalue weighted by atomic mass is 32.2. The average molecular weight is 348 g/mol. The van der Waals surface area contributed by atoms with Crippen molar-refractivity contribution in [2.24, 2.45) is 0 Å². The van der Waals surface area contributed by atoms with Crippen LogP contribution in [0.2, 0.25) is 0 Å². The van der Waals surface area contributed by atoms with Crippen LogP contribution in [0.25, 0.3) is 0 Å². The summed E-state index contributed by atoms with van der Waals surface area (Å²) >= 11 is 0. The number of nitrogens with one attached hydrogen (secondary N) is 1. The molecule has 128 valence electrons. The van der Waals surface area contributed by atoms with Crippen LogP contribution >= 0.6 is 0 Å². The third-order valence-corrected chi connectivity index (χ3v) is 5.13. The Hall–Kier alpha value is -2.26. The van der Waals surface area contributed by atoms with Crippen molar-refractivity contribution in [3.8, 4) is 0 Å². The van der Waals surface area contributed by atoms with Crippen LogP contribution in [0.1, 0.15) is 5.69 Å². The van der Waals surface area contributed by atoms with Crippen LogP contribution in [0, 0.1) is 6.92 Å². The van der Waals surface area contributed by atoms with Crippen LogP contribution in [-0.2, 0) is 10.0 Å². The number of sulfonamides is 1. The summed E-state index contributed by atoms with van der Waals surface area (Å²) in [6, 6.07) is 9.44. The Morgan fingerprint density at radius 3 is 2.33 bits per heavy atom. The SMILES string of the molecule is Cc1cccc(Nc2ccc(N3CCN(S(C)(=O)=O)CC3)nn2)n1. The monoisotopic (exact) mass is 348 g/mol. The molecule has 2 aromatic rings. The molecule has 0 bridgehead atoms. The van der Waals surface area contributed by atoms with Gasteiger partial charge >= 0.3 is 0 Å². The van der Waals surface area contributed by atoms with E-state index in [4.69, 9.17) is 0 Å². The summed E-state index contributed by atoms with van der Waals surface area (Å²) in [6.45, 7) is 4.07. The number of rotatable bonds is 4. The fraction of sp³-hybridized carbons (Fsp3) is 0.400. The van der Waals surface area contributed by atoms with E-state index in [9.17, 15) is 8.42 Å². The molecule has 9 heteroatoms. The summed E-state index contributed by atoms with van der Waals surface area (Å²) in [6.07, 6.45) is 1.24. The van der Waals surface area contributed by atoms with E-state index in [2.05, 4.69) is 20.5 Å². The van der Waals surface area contributed by atoms with E-state index in [-0.39, 0.29) is 0 Å². The number of anilines is 3. The minimum atomic E-state index is -3.12. The first-order valence-corrected chi connectivity index (χ1v) is 9.51. The van der Waals surface area contributed by atoms with E-state index < -0.39 is 10.0 Å². The maximum absolute atomic E-state index is 11.5. The van der Waals surface area contributed by atoms with Crippen LogP contribution in [0.15, 0.2) is 30.3 Å². The summed E-state index contributed by atoms with van der Waals surface area (Å²) in [7, 11) is -3.12. The molecule has 1 aliphatic heterocycles. The highest BCUT2D eigenvalue weighted by Crippen LogP contribution is 2.17. The topological polar surface area (TPSA) is 91.3 Å². The number of aryl methyl sites for hydroxylation is 1. The molecule has 0 saturated carbocycles. The molecular weight excluding hydrogens is 328 g/mol. The third-order valence-electron chi connectivity index (χ3n) is 3.83. The molecule has 2 aromatic heterocycles. The second kappa shape index (κ2) is 6.70. The van der Waals surface area contributed by atoms with Gasteiger partial charge in [-0.15, -0.1) is 10.2 Å². The zero-order valence-corrected chi connectivity index (χ0v) is 14.5. The Morgan fingerprint density at radius 1 is 1.00 bits per heavy atom. The van der Waals surface area contributed by atoms with Crippen LogP contribution in [0.4, 0.5) is 17.5 Å². The standard InChI is InChI=1S/C15H20N6O2S/c1-12-4-3-5-13(16-12)17-14-6-7-15(19-18-14)20-8-10-21(11-9-20)24(2,22)23/h3-7H,8-11H2,1-2H3,(H,16,17,18). The average Bonchev–Trinajstić information content (AvgIpc) is 2.55. The molecule has 0 unspecified atom stereocenters. The summed E-state index contributed by atoms with van der Waals surface area (Å²) in [4.78, 5) is 6.39. The Labute approximate surface area is 141 Å². The van der Waals surface area contributed by atoms with E-state index >= 15 is 0 Å². The molecule has 0 aromatic carbocycles. The highest BCUT2D eigenvalue weighted by Gasteiger charge is 2.24. The van der Waals surface area contributed by atoms with Crippen molar-refractivity contribution in [3.63, 3.8) is 0 Å². The lowest BCUT2D eigenvalue weighted by molar-refractivity contribution is 0.386. The maximum Gasteiger partial charge on any atom is 0.211 e. The van der Waals surface area contributed by atoms with Gasteiger partial charge in [0.25, 0.3) is 0 Å². The lowest BCUT2D eigenvalue weighted by Crippen LogP contribution is -2.48. The van der Waals surface area contributed by atoms with Crippen molar-refractivity contribution >= 4 is 27.5 Å². The van der Waals surface area contributed by atoms with Crippen LogP contribution in [-0.4, -0.2) is 60.3 Å². The Bertz CT molecular complexity index is 801. The van der Waals surface area contributed by atoms with Gasteiger partial charge in [-0.1, -0.05) is 6.07 Å². The second-order valence-electron chi connectivity index (χ2n) is 5.72. The summed E-state index contributed by atoms with van der Waals surface area (Å²) < 4.78 is 24.6. The van der Waals surface area contributed by atoms with Crippen molar-refractivity contribution in [2.45, 2.75) is 6.92 Å². The molecule has 1 saturated heterocycles. The first-order chi connectivity index (χ1) is 11.4. The molecule has 0 spiro atoms. The van der Waals surface area contributed by atoms with Gasteiger partial charge in [-0.2, -0.15) is 4.31 Å². The quantitative estimate of drug-likeness (QED) is 0.881. The van der Waals surface area contributed by atoms with Crippen LogP contribution in [0.5, 0.6) is 0 Å². The van der Waals surface area contributed by atoms with Gasteiger partial charge in [0.1, 0.15) is 5.82 Å². The third kappa shape index (κ3) is 3.98. The summed E-state index contributed by atoms with van der Waals surface area (Å²) in [5.74, 6) is 2.08. The smallest absolute Gasteiger partial charge is 0.211 e. The normalized spacial score (nSPS) is 16.2. The van der Waals surface area contributed by atoms with Crippen molar-refractivity contribution in [3.05, 3.63) is 36.0 Å². The molecule has 1 fully saturated rings. The van der Waals surface area contributed by atoms with E-state index in [1.807, 2.05) is 42.2 Å². The molecule has 0 aliphatic carbocycles. The molecule has 0 radical (unpaired) electrons. The minimum absolute atomic E-state index is 0.466. The molecule has 3 heterocycles. The van der Waals surface area contributed by atoms with Gasteiger partial charge in [0.05, 0.1) is 6.26 Å². The molecule has 1 aliphatic rings. The molecule has 3 rings (SSSR count). The molecule has 8 nitrogen and oxygen atoms in total. The fourth-order valence-corrected chi connectivity index (χ4v) is 3.38. The number of pyridine rings is 1. The molecular formula is C15H20N6O2S. The van der Waals surface area contributed by atoms with E-state index in [1.54, 1.807) is 0 Å². The van der Waals surface area contributed by atoms with Gasteiger partial charge in [0.2, 0.25) is 10.0 Å². The Morgan fingerprint density at radius 2 is 1.75 bits per heavy atom. The summed E-state index contributed by atoms with van der Waals surface area (Å²) in [5, 5.41) is 11.5. The highest BCUT2D eigenvalue weighted by molar-refractivity contribution is 7.88. The van der Waals surface area contributed by atoms with Crippen molar-refractivity contribution in [1.82, 2.24) is 19.5 Å². The minimum Gasteiger partial charge on any atom is -0.352 e. The zero-order valence-electron chi connectivity index (χ0n) is 13.7. The van der Waals surface area contributed by atoms with Gasteiger partial charge in [-0.05, 0) is 31.2 Å². The van der Waals surface area contributed by atoms with Crippen molar-refractivity contribution in [1.29, 1.82) is 0 Å². The van der Waals surface area contributed by atoms with E-state index in [0.29, 0.717) is 32.0 Å². The number of aromatic nitrogens is 3. The van der Waals surface area contributed by atoms with Crippen LogP contribution in [0.3, 0.4) is 0 Å². The lowest BCUT2D eigenvalue weighted by atomic mass is 10.3.